The first-order valence-electron chi connectivity index (χ1n) is 8.50. The predicted molar refractivity (Wildman–Crippen MR) is 103 cm³/mol. The monoisotopic (exact) mass is 397 g/mol. The minimum Gasteiger partial charge on any atom is -0.465 e. The molecule has 0 fully saturated rings. The zero-order valence-corrected chi connectivity index (χ0v) is 15.8. The van der Waals surface area contributed by atoms with Crippen molar-refractivity contribution in [3.8, 4) is 0 Å². The fraction of sp³-hybridized carbons (Fsp3) is 0.286. The average Bonchev–Trinajstić information content (AvgIpc) is 3.11. The highest BCUT2D eigenvalue weighted by atomic mass is 79.9. The van der Waals surface area contributed by atoms with Crippen LogP contribution < -0.4 is 5.32 Å². The highest BCUT2D eigenvalue weighted by molar-refractivity contribution is 9.10. The lowest BCUT2D eigenvalue weighted by Crippen LogP contribution is -2.31. The number of halogens is 1. The molecular weight excluding hydrogens is 378 g/mol. The van der Waals surface area contributed by atoms with E-state index in [0.717, 1.165) is 27.7 Å². The van der Waals surface area contributed by atoms with Crippen molar-refractivity contribution in [2.75, 3.05) is 12.4 Å². The Morgan fingerprint density at radius 2 is 1.96 bits per heavy atom. The summed E-state index contributed by atoms with van der Waals surface area (Å²) < 4.78 is 6.10. The van der Waals surface area contributed by atoms with Gasteiger partial charge in [-0.15, -0.1) is 0 Å². The van der Waals surface area contributed by atoms with Crippen LogP contribution in [0.15, 0.2) is 53.0 Å². The van der Waals surface area contributed by atoms with Crippen molar-refractivity contribution < 1.29 is 9.53 Å². The van der Waals surface area contributed by atoms with Gasteiger partial charge in [-0.1, -0.05) is 46.3 Å². The standard InChI is InChI=1S/C21H20BrNO2/c1-12-6-11-17(21(24)25-2)18-15-4-3-5-16(15)20(23-19(12)18)13-7-9-14(22)10-8-13/h3-4,6-11,15-16,20,23H,5H2,1-2H3/t15-,16+,20-/m0/s1. The van der Waals surface area contributed by atoms with Gasteiger partial charge >= 0.3 is 5.97 Å². The van der Waals surface area contributed by atoms with Gasteiger partial charge < -0.3 is 10.1 Å². The second kappa shape index (κ2) is 6.34. The molecule has 2 aromatic carbocycles. The number of carbonyl (C=O) groups is 1. The molecule has 25 heavy (non-hydrogen) atoms. The molecule has 1 heterocycles. The number of esters is 1. The lowest BCUT2D eigenvalue weighted by atomic mass is 9.75. The Kier molecular flexibility index (Phi) is 4.16. The van der Waals surface area contributed by atoms with Gasteiger partial charge in [-0.2, -0.15) is 0 Å². The summed E-state index contributed by atoms with van der Waals surface area (Å²) in [4.78, 5) is 12.3. The summed E-state index contributed by atoms with van der Waals surface area (Å²) in [6, 6.07) is 12.6. The number of aryl methyl sites for hydroxylation is 1. The topological polar surface area (TPSA) is 38.3 Å². The highest BCUT2D eigenvalue weighted by Crippen LogP contribution is 2.51. The van der Waals surface area contributed by atoms with Gasteiger partial charge in [0.2, 0.25) is 0 Å². The number of methoxy groups -OCH3 is 1. The Balaban J connectivity index is 1.85. The fourth-order valence-corrected chi connectivity index (χ4v) is 4.41. The van der Waals surface area contributed by atoms with E-state index in [1.165, 1.54) is 12.7 Å². The number of fused-ring (bicyclic) bond motifs is 3. The van der Waals surface area contributed by atoms with Gasteiger partial charge in [-0.05, 0) is 54.2 Å². The third-order valence-corrected chi connectivity index (χ3v) is 5.89. The minimum absolute atomic E-state index is 0.229. The van der Waals surface area contributed by atoms with Crippen molar-refractivity contribution in [3.05, 3.63) is 75.3 Å². The van der Waals surface area contributed by atoms with E-state index < -0.39 is 0 Å². The summed E-state index contributed by atoms with van der Waals surface area (Å²) >= 11 is 3.51. The average molecular weight is 398 g/mol. The molecule has 0 bridgehead atoms. The van der Waals surface area contributed by atoms with Crippen LogP contribution in [0.2, 0.25) is 0 Å². The van der Waals surface area contributed by atoms with Gasteiger partial charge in [-0.3, -0.25) is 0 Å². The molecule has 0 saturated carbocycles. The van der Waals surface area contributed by atoms with Crippen LogP contribution in [0.1, 0.15) is 45.4 Å². The molecule has 128 valence electrons. The van der Waals surface area contributed by atoms with Crippen molar-refractivity contribution in [1.29, 1.82) is 0 Å². The minimum atomic E-state index is -0.265. The molecule has 0 spiro atoms. The van der Waals surface area contributed by atoms with Crippen molar-refractivity contribution in [3.63, 3.8) is 0 Å². The maximum absolute atomic E-state index is 12.3. The summed E-state index contributed by atoms with van der Waals surface area (Å²) in [5.74, 6) is 0.372. The van der Waals surface area contributed by atoms with E-state index in [0.29, 0.717) is 11.5 Å². The van der Waals surface area contributed by atoms with Crippen LogP contribution >= 0.6 is 15.9 Å². The smallest absolute Gasteiger partial charge is 0.338 e. The van der Waals surface area contributed by atoms with E-state index in [9.17, 15) is 4.79 Å². The molecule has 0 unspecified atom stereocenters. The SMILES string of the molecule is COC(=O)c1ccc(C)c2c1[C@H]1C=CC[C@H]1[C@H](c1ccc(Br)cc1)N2. The third kappa shape index (κ3) is 2.69. The Morgan fingerprint density at radius 1 is 1.20 bits per heavy atom. The number of ether oxygens (including phenoxy) is 1. The number of allylic oxidation sites excluding steroid dienone is 2. The number of hydrogen-bond donors (Lipinski definition) is 1. The van der Waals surface area contributed by atoms with Crippen LogP contribution in [0.25, 0.3) is 0 Å². The van der Waals surface area contributed by atoms with Crippen LogP contribution in [0.5, 0.6) is 0 Å². The summed E-state index contributed by atoms with van der Waals surface area (Å²) in [6.07, 6.45) is 5.50. The number of hydrogen-bond acceptors (Lipinski definition) is 3. The molecule has 0 radical (unpaired) electrons. The van der Waals surface area contributed by atoms with Crippen LogP contribution in [-0.4, -0.2) is 13.1 Å². The van der Waals surface area contributed by atoms with Crippen LogP contribution in [0.4, 0.5) is 5.69 Å². The number of carbonyl (C=O) groups excluding carboxylic acids is 1. The van der Waals surface area contributed by atoms with E-state index >= 15 is 0 Å². The van der Waals surface area contributed by atoms with Gasteiger partial charge in [0.1, 0.15) is 0 Å². The van der Waals surface area contributed by atoms with Gasteiger partial charge in [-0.25, -0.2) is 4.79 Å². The Hall–Kier alpha value is -2.07. The molecule has 2 aliphatic rings. The first kappa shape index (κ1) is 16.4. The largest absolute Gasteiger partial charge is 0.465 e. The summed E-state index contributed by atoms with van der Waals surface area (Å²) in [6.45, 7) is 2.09. The third-order valence-electron chi connectivity index (χ3n) is 5.36. The molecule has 3 atom stereocenters. The predicted octanol–water partition coefficient (Wildman–Crippen LogP) is 5.37. The maximum atomic E-state index is 12.3. The van der Waals surface area contributed by atoms with Gasteiger partial charge in [0.05, 0.1) is 18.7 Å². The molecule has 1 aliphatic carbocycles. The highest BCUT2D eigenvalue weighted by Gasteiger charge is 2.40. The quantitative estimate of drug-likeness (QED) is 0.546. The first-order chi connectivity index (χ1) is 12.1. The Morgan fingerprint density at radius 3 is 2.68 bits per heavy atom. The van der Waals surface area contributed by atoms with E-state index in [1.54, 1.807) is 0 Å². The molecule has 1 N–H and O–H groups in total. The normalized spacial score (nSPS) is 23.6. The van der Waals surface area contributed by atoms with Crippen molar-refractivity contribution in [2.45, 2.75) is 25.3 Å². The summed E-state index contributed by atoms with van der Waals surface area (Å²) in [5.41, 5.74) is 5.26. The van der Waals surface area contributed by atoms with Crippen LogP contribution in [-0.2, 0) is 4.74 Å². The molecule has 0 aromatic heterocycles. The first-order valence-corrected chi connectivity index (χ1v) is 9.30. The zero-order chi connectivity index (χ0) is 17.6. The number of anilines is 1. The number of benzene rings is 2. The molecule has 3 nitrogen and oxygen atoms in total. The van der Waals surface area contributed by atoms with E-state index in [2.05, 4.69) is 64.6 Å². The molecule has 0 saturated heterocycles. The molecule has 0 amide bonds. The number of nitrogens with one attached hydrogen (secondary N) is 1. The fourth-order valence-electron chi connectivity index (χ4n) is 4.14. The Bertz CT molecular complexity index is 857. The summed E-state index contributed by atoms with van der Waals surface area (Å²) in [7, 11) is 1.44. The molecule has 4 rings (SSSR count). The second-order valence-corrected chi connectivity index (χ2v) is 7.65. The van der Waals surface area contributed by atoms with Gasteiger partial charge in [0.15, 0.2) is 0 Å². The lowest BCUT2D eigenvalue weighted by molar-refractivity contribution is 0.0598. The maximum Gasteiger partial charge on any atom is 0.338 e. The van der Waals surface area contributed by atoms with Gasteiger partial charge in [0, 0.05) is 16.1 Å². The van der Waals surface area contributed by atoms with E-state index in [-0.39, 0.29) is 17.9 Å². The molecular formula is C21H20BrNO2. The lowest BCUT2D eigenvalue weighted by Gasteiger charge is -2.39. The summed E-state index contributed by atoms with van der Waals surface area (Å²) in [5, 5.41) is 3.73. The van der Waals surface area contributed by atoms with Crippen molar-refractivity contribution in [2.24, 2.45) is 5.92 Å². The molecule has 1 aliphatic heterocycles. The molecule has 2 aromatic rings. The van der Waals surface area contributed by atoms with Gasteiger partial charge in [0.25, 0.3) is 0 Å². The van der Waals surface area contributed by atoms with E-state index in [1.807, 2.05) is 12.1 Å². The second-order valence-electron chi connectivity index (χ2n) is 6.74. The van der Waals surface area contributed by atoms with Crippen molar-refractivity contribution in [1.82, 2.24) is 0 Å². The molecule has 4 heteroatoms. The van der Waals surface area contributed by atoms with E-state index in [4.69, 9.17) is 4.74 Å². The zero-order valence-electron chi connectivity index (χ0n) is 14.3. The van der Waals surface area contributed by atoms with Crippen molar-refractivity contribution >= 4 is 27.6 Å². The number of rotatable bonds is 2. The van der Waals surface area contributed by atoms with Crippen LogP contribution in [0, 0.1) is 12.8 Å². The Labute approximate surface area is 156 Å². The van der Waals surface area contributed by atoms with Crippen LogP contribution in [0.3, 0.4) is 0 Å².